The van der Waals surface area contributed by atoms with Gasteiger partial charge in [0, 0.05) is 6.54 Å². The first-order valence-electron chi connectivity index (χ1n) is 7.96. The zero-order chi connectivity index (χ0) is 21.1. The molecule has 1 rings (SSSR count). The van der Waals surface area contributed by atoms with Crippen LogP contribution in [0.2, 0.25) is 0 Å². The molecule has 0 atom stereocenters. The van der Waals surface area contributed by atoms with Crippen LogP contribution in [0.15, 0.2) is 58.2 Å². The molecule has 0 aliphatic heterocycles. The lowest BCUT2D eigenvalue weighted by Crippen LogP contribution is -2.21. The number of aliphatic hydroxyl groups is 3. The Morgan fingerprint density at radius 2 is 1.81 bits per heavy atom. The molecule has 8 heteroatoms. The van der Waals surface area contributed by atoms with E-state index in [1.807, 2.05) is 13.8 Å². The second kappa shape index (κ2) is 12.0. The van der Waals surface area contributed by atoms with Gasteiger partial charge in [0.2, 0.25) is 0 Å². The maximum Gasteiger partial charge on any atom is 0.195 e. The number of allylic oxidation sites excluding steroid dienone is 1. The molecule has 0 heterocycles. The fourth-order valence-corrected chi connectivity index (χ4v) is 2.24. The van der Waals surface area contributed by atoms with Crippen LogP contribution < -0.4 is 5.32 Å². The monoisotopic (exact) mass is 457 g/mol. The normalized spacial score (nSPS) is 12.1. The first-order valence-corrected chi connectivity index (χ1v) is 9.17. The number of halogens is 1. The lowest BCUT2D eigenvalue weighted by atomic mass is 10.2. The minimum atomic E-state index is -0.624. The Balaban J connectivity index is 0.00000326. The van der Waals surface area contributed by atoms with Gasteiger partial charge in [-0.15, -0.1) is 0 Å². The Morgan fingerprint density at radius 1 is 1.22 bits per heavy atom. The molecule has 1 aromatic rings. The Hall–Kier alpha value is -2.45. The van der Waals surface area contributed by atoms with Crippen molar-refractivity contribution in [2.75, 3.05) is 6.54 Å². The Labute approximate surface area is 172 Å². The lowest BCUT2D eigenvalue weighted by Gasteiger charge is -2.06. The number of thiocarbonyl (C=S) groups is 1. The first-order chi connectivity index (χ1) is 12.6. The van der Waals surface area contributed by atoms with E-state index in [1.165, 1.54) is 19.1 Å². The highest BCUT2D eigenvalue weighted by Crippen LogP contribution is 2.34. The van der Waals surface area contributed by atoms with Gasteiger partial charge in [0.15, 0.2) is 23.0 Å². The molecule has 0 aliphatic carbocycles. The van der Waals surface area contributed by atoms with Gasteiger partial charge in [-0.05, 0) is 58.3 Å². The maximum absolute atomic E-state index is 9.56. The summed E-state index contributed by atoms with van der Waals surface area (Å²) in [6.07, 6.45) is 4.42. The van der Waals surface area contributed by atoms with Crippen LogP contribution in [-0.4, -0.2) is 37.1 Å². The largest absolute Gasteiger partial charge is 0.509 e. The topological polar surface area (TPSA) is 113 Å². The van der Waals surface area contributed by atoms with E-state index in [0.717, 1.165) is 0 Å². The zero-order valence-electron chi connectivity index (χ0n) is 15.3. The number of hydrogen-bond donors (Lipinski definition) is 6. The van der Waals surface area contributed by atoms with E-state index in [-0.39, 0.29) is 18.0 Å². The van der Waals surface area contributed by atoms with Crippen molar-refractivity contribution in [1.29, 1.82) is 0 Å². The van der Waals surface area contributed by atoms with Gasteiger partial charge in [-0.25, -0.2) is 0 Å². The van der Waals surface area contributed by atoms with E-state index >= 15 is 0 Å². The summed E-state index contributed by atoms with van der Waals surface area (Å²) < 4.78 is 0.354. The highest BCUT2D eigenvalue weighted by Gasteiger charge is 2.06. The average Bonchev–Trinajstić information content (AvgIpc) is 2.63. The third-order valence-corrected chi connectivity index (χ3v) is 3.79. The Kier molecular flexibility index (Phi) is 10.9. The molecule has 0 aliphatic rings. The quantitative estimate of drug-likeness (QED) is 0.115. The SMILES string of the molecule is C=C(/C=C(O)\C(O)=C(/C)O)CNC(=S)/C=C/c1cc(O)c(O)c(Br)c1.CC. The molecule has 0 bridgehead atoms. The van der Waals surface area contributed by atoms with E-state index < -0.39 is 17.3 Å². The highest BCUT2D eigenvalue weighted by atomic mass is 79.9. The van der Waals surface area contributed by atoms with Crippen molar-refractivity contribution in [2.24, 2.45) is 0 Å². The molecule has 0 saturated carbocycles. The van der Waals surface area contributed by atoms with Crippen molar-refractivity contribution in [2.45, 2.75) is 20.8 Å². The Bertz CT molecular complexity index is 757. The van der Waals surface area contributed by atoms with Crippen molar-refractivity contribution in [1.82, 2.24) is 5.32 Å². The van der Waals surface area contributed by atoms with E-state index in [4.69, 9.17) is 17.3 Å². The molecule has 0 amide bonds. The summed E-state index contributed by atoms with van der Waals surface area (Å²) >= 11 is 8.25. The summed E-state index contributed by atoms with van der Waals surface area (Å²) in [5.41, 5.74) is 1.04. The van der Waals surface area contributed by atoms with Crippen LogP contribution in [0.1, 0.15) is 26.3 Å². The minimum absolute atomic E-state index is 0.204. The molecule has 0 saturated heterocycles. The Morgan fingerprint density at radius 3 is 2.33 bits per heavy atom. The van der Waals surface area contributed by atoms with E-state index in [9.17, 15) is 20.4 Å². The molecule has 148 valence electrons. The molecule has 0 spiro atoms. The van der Waals surface area contributed by atoms with Crippen LogP contribution in [0.4, 0.5) is 0 Å². The number of rotatable bonds is 6. The van der Waals surface area contributed by atoms with Crippen molar-refractivity contribution < 1.29 is 25.5 Å². The predicted octanol–water partition coefficient (Wildman–Crippen LogP) is 5.16. The molecule has 6 nitrogen and oxygen atoms in total. The minimum Gasteiger partial charge on any atom is -0.509 e. The number of aliphatic hydroxyl groups excluding tert-OH is 3. The summed E-state index contributed by atoms with van der Waals surface area (Å²) in [6.45, 7) is 9.13. The highest BCUT2D eigenvalue weighted by molar-refractivity contribution is 9.10. The summed E-state index contributed by atoms with van der Waals surface area (Å²) in [5, 5.41) is 49.9. The van der Waals surface area contributed by atoms with Gasteiger partial charge in [-0.3, -0.25) is 0 Å². The fourth-order valence-electron chi connectivity index (χ4n) is 1.63. The number of hydrogen-bond acceptors (Lipinski definition) is 6. The standard InChI is InChI=1S/C17H18BrNO5S.C2H6/c1-9(5-13(21)16(23)10(2)20)8-19-15(25)4-3-11-6-12(18)17(24)14(22)7-11;1-2/h3-7,20-24H,1,8H2,2H3,(H,19,25);1-2H3/b4-3+,13-5+,16-10-;. The molecule has 0 fully saturated rings. The summed E-state index contributed by atoms with van der Waals surface area (Å²) in [5.74, 6) is -2.03. The summed E-state index contributed by atoms with van der Waals surface area (Å²) in [7, 11) is 0. The zero-order valence-corrected chi connectivity index (χ0v) is 17.7. The second-order valence-corrected chi connectivity index (χ2v) is 6.34. The summed E-state index contributed by atoms with van der Waals surface area (Å²) in [4.78, 5) is 0.371. The van der Waals surface area contributed by atoms with Crippen LogP contribution in [0.25, 0.3) is 6.08 Å². The van der Waals surface area contributed by atoms with Crippen LogP contribution in [-0.2, 0) is 0 Å². The molecular formula is C19H24BrNO5S. The molecule has 0 aromatic heterocycles. The lowest BCUT2D eigenvalue weighted by molar-refractivity contribution is 0.285. The van der Waals surface area contributed by atoms with Gasteiger partial charge in [0.25, 0.3) is 0 Å². The second-order valence-electron chi connectivity index (χ2n) is 5.04. The van der Waals surface area contributed by atoms with Crippen molar-refractivity contribution in [3.05, 3.63) is 63.8 Å². The van der Waals surface area contributed by atoms with Crippen LogP contribution >= 0.6 is 28.1 Å². The van der Waals surface area contributed by atoms with E-state index in [1.54, 1.807) is 18.2 Å². The molecule has 1 aromatic carbocycles. The molecule has 0 radical (unpaired) electrons. The predicted molar refractivity (Wildman–Crippen MR) is 116 cm³/mol. The number of aromatic hydroxyl groups is 2. The summed E-state index contributed by atoms with van der Waals surface area (Å²) in [6, 6.07) is 2.99. The van der Waals surface area contributed by atoms with Crippen LogP contribution in [0.5, 0.6) is 11.5 Å². The van der Waals surface area contributed by atoms with E-state index in [2.05, 4.69) is 27.8 Å². The molecular weight excluding hydrogens is 434 g/mol. The number of phenolic OH excluding ortho intramolecular Hbond substituents is 2. The van der Waals surface area contributed by atoms with Gasteiger partial charge < -0.3 is 30.8 Å². The van der Waals surface area contributed by atoms with Gasteiger partial charge in [-0.1, -0.05) is 38.7 Å². The van der Waals surface area contributed by atoms with E-state index in [0.29, 0.717) is 20.6 Å². The average molecular weight is 458 g/mol. The third-order valence-electron chi connectivity index (χ3n) is 2.91. The molecule has 0 unspecified atom stereocenters. The number of benzene rings is 1. The van der Waals surface area contributed by atoms with Crippen molar-refractivity contribution in [3.63, 3.8) is 0 Å². The van der Waals surface area contributed by atoms with Gasteiger partial charge in [-0.2, -0.15) is 0 Å². The van der Waals surface area contributed by atoms with Crippen LogP contribution in [0.3, 0.4) is 0 Å². The van der Waals surface area contributed by atoms with Gasteiger partial charge >= 0.3 is 0 Å². The van der Waals surface area contributed by atoms with Crippen LogP contribution in [0, 0.1) is 0 Å². The maximum atomic E-state index is 9.56. The number of phenols is 2. The van der Waals surface area contributed by atoms with Crippen molar-refractivity contribution in [3.8, 4) is 11.5 Å². The molecule has 27 heavy (non-hydrogen) atoms. The van der Waals surface area contributed by atoms with Gasteiger partial charge in [0.1, 0.15) is 5.76 Å². The first kappa shape index (κ1) is 24.6. The third kappa shape index (κ3) is 8.65. The molecule has 6 N–H and O–H groups in total. The smallest absolute Gasteiger partial charge is 0.195 e. The van der Waals surface area contributed by atoms with Gasteiger partial charge in [0.05, 0.1) is 9.46 Å². The number of nitrogens with one attached hydrogen (secondary N) is 1. The fraction of sp³-hybridized carbons (Fsp3) is 0.211. The van der Waals surface area contributed by atoms with Crippen molar-refractivity contribution >= 4 is 39.2 Å².